The molecule has 3 heteroatoms. The molecule has 1 amide bonds. The first-order valence-electron chi connectivity index (χ1n) is 7.06. The van der Waals surface area contributed by atoms with Gasteiger partial charge in [-0.2, -0.15) is 0 Å². The lowest BCUT2D eigenvalue weighted by atomic mass is 10.0. The fourth-order valence-electron chi connectivity index (χ4n) is 2.11. The number of benzene rings is 1. The largest absolute Gasteiger partial charge is 0.384 e. The van der Waals surface area contributed by atoms with Crippen molar-refractivity contribution in [2.75, 3.05) is 13.2 Å². The third kappa shape index (κ3) is 3.85. The van der Waals surface area contributed by atoms with Gasteiger partial charge in [0, 0.05) is 23.7 Å². The summed E-state index contributed by atoms with van der Waals surface area (Å²) in [7, 11) is 0. The first kappa shape index (κ1) is 16.3. The third-order valence-corrected chi connectivity index (χ3v) is 3.50. The van der Waals surface area contributed by atoms with Gasteiger partial charge >= 0.3 is 0 Å². The van der Waals surface area contributed by atoms with Crippen molar-refractivity contribution >= 4 is 5.91 Å². The Labute approximate surface area is 121 Å². The lowest BCUT2D eigenvalue weighted by Gasteiger charge is -2.27. The van der Waals surface area contributed by atoms with Gasteiger partial charge in [0.15, 0.2) is 0 Å². The van der Waals surface area contributed by atoms with Gasteiger partial charge < -0.3 is 10.0 Å². The second-order valence-electron chi connectivity index (χ2n) is 4.84. The van der Waals surface area contributed by atoms with Gasteiger partial charge in [-0.25, -0.2) is 0 Å². The van der Waals surface area contributed by atoms with E-state index in [2.05, 4.69) is 25.7 Å². The first-order chi connectivity index (χ1) is 9.54. The Hall–Kier alpha value is -1.79. The lowest BCUT2D eigenvalue weighted by molar-refractivity contribution is 0.0700. The maximum atomic E-state index is 12.5. The van der Waals surface area contributed by atoms with Crippen LogP contribution >= 0.6 is 0 Å². The predicted molar refractivity (Wildman–Crippen MR) is 81.6 cm³/mol. The van der Waals surface area contributed by atoms with Crippen molar-refractivity contribution in [2.45, 2.75) is 40.2 Å². The summed E-state index contributed by atoms with van der Waals surface area (Å²) in [5.41, 5.74) is 2.50. The Balaban J connectivity index is 3.02. The van der Waals surface area contributed by atoms with Crippen molar-refractivity contribution in [1.82, 2.24) is 4.90 Å². The summed E-state index contributed by atoms with van der Waals surface area (Å²) in [6, 6.07) is 5.76. The van der Waals surface area contributed by atoms with Gasteiger partial charge in [0.1, 0.15) is 6.61 Å². The number of aryl methyl sites for hydroxylation is 1. The molecule has 0 saturated carbocycles. The Morgan fingerprint density at radius 3 is 2.60 bits per heavy atom. The number of carbonyl (C=O) groups excluding carboxylic acids is 1. The summed E-state index contributed by atoms with van der Waals surface area (Å²) in [6.07, 6.45) is 0.943. The van der Waals surface area contributed by atoms with Crippen molar-refractivity contribution in [3.05, 3.63) is 34.9 Å². The zero-order valence-electron chi connectivity index (χ0n) is 12.7. The summed E-state index contributed by atoms with van der Waals surface area (Å²) < 4.78 is 0. The zero-order chi connectivity index (χ0) is 15.1. The van der Waals surface area contributed by atoms with Crippen LogP contribution in [0.25, 0.3) is 0 Å². The van der Waals surface area contributed by atoms with E-state index >= 15 is 0 Å². The molecule has 0 bridgehead atoms. The molecule has 0 aliphatic carbocycles. The standard InChI is InChI=1S/C17H23NO2/c1-5-14(4)18(6-2)17(20)16-10-9-15(8-7-11-19)13(3)12-16/h9-10,12,14,19H,5-6,11H2,1-4H3. The zero-order valence-corrected chi connectivity index (χ0v) is 12.7. The van der Waals surface area contributed by atoms with Gasteiger partial charge in [0.05, 0.1) is 0 Å². The molecule has 0 radical (unpaired) electrons. The van der Waals surface area contributed by atoms with E-state index in [1.807, 2.05) is 36.9 Å². The van der Waals surface area contributed by atoms with Crippen LogP contribution in [0.15, 0.2) is 18.2 Å². The topological polar surface area (TPSA) is 40.5 Å². The highest BCUT2D eigenvalue weighted by Crippen LogP contribution is 2.14. The van der Waals surface area contributed by atoms with Crippen LogP contribution in [0.5, 0.6) is 0 Å². The molecule has 3 nitrogen and oxygen atoms in total. The molecule has 1 aromatic carbocycles. The van der Waals surface area contributed by atoms with Crippen LogP contribution in [0.3, 0.4) is 0 Å². The SMILES string of the molecule is CCC(C)N(CC)C(=O)c1ccc(C#CCO)c(C)c1. The maximum Gasteiger partial charge on any atom is 0.254 e. The molecule has 0 fully saturated rings. The van der Waals surface area contributed by atoms with E-state index in [-0.39, 0.29) is 18.6 Å². The van der Waals surface area contributed by atoms with E-state index in [0.717, 1.165) is 17.5 Å². The number of aliphatic hydroxyl groups is 1. The van der Waals surface area contributed by atoms with Gasteiger partial charge in [0.2, 0.25) is 0 Å². The number of hydrogen-bond acceptors (Lipinski definition) is 2. The van der Waals surface area contributed by atoms with E-state index < -0.39 is 0 Å². The fraction of sp³-hybridized carbons (Fsp3) is 0.471. The Morgan fingerprint density at radius 2 is 2.10 bits per heavy atom. The molecular weight excluding hydrogens is 250 g/mol. The van der Waals surface area contributed by atoms with Crippen LogP contribution in [-0.2, 0) is 0 Å². The predicted octanol–water partition coefficient (Wildman–Crippen LogP) is 2.60. The summed E-state index contributed by atoms with van der Waals surface area (Å²) in [4.78, 5) is 14.4. The van der Waals surface area contributed by atoms with Crippen molar-refractivity contribution in [3.8, 4) is 11.8 Å². The molecule has 0 heterocycles. The average molecular weight is 273 g/mol. The number of aliphatic hydroxyl groups excluding tert-OH is 1. The third-order valence-electron chi connectivity index (χ3n) is 3.50. The van der Waals surface area contributed by atoms with Crippen LogP contribution in [0.2, 0.25) is 0 Å². The van der Waals surface area contributed by atoms with E-state index in [0.29, 0.717) is 12.1 Å². The van der Waals surface area contributed by atoms with Crippen molar-refractivity contribution < 1.29 is 9.90 Å². The van der Waals surface area contributed by atoms with Crippen molar-refractivity contribution in [1.29, 1.82) is 0 Å². The highest BCUT2D eigenvalue weighted by molar-refractivity contribution is 5.94. The molecule has 1 rings (SSSR count). The Kier molecular flexibility index (Phi) is 6.27. The number of hydrogen-bond donors (Lipinski definition) is 1. The van der Waals surface area contributed by atoms with E-state index in [1.165, 1.54) is 0 Å². The van der Waals surface area contributed by atoms with Crippen LogP contribution < -0.4 is 0 Å². The highest BCUT2D eigenvalue weighted by Gasteiger charge is 2.18. The minimum atomic E-state index is -0.155. The van der Waals surface area contributed by atoms with Crippen LogP contribution in [0.1, 0.15) is 48.7 Å². The molecule has 1 N–H and O–H groups in total. The normalized spacial score (nSPS) is 11.4. The van der Waals surface area contributed by atoms with E-state index in [4.69, 9.17) is 5.11 Å². The van der Waals surface area contributed by atoms with Crippen molar-refractivity contribution in [2.24, 2.45) is 0 Å². The molecule has 20 heavy (non-hydrogen) atoms. The van der Waals surface area contributed by atoms with Gasteiger partial charge in [-0.05, 0) is 51.0 Å². The molecule has 1 atom stereocenters. The first-order valence-corrected chi connectivity index (χ1v) is 7.06. The molecule has 0 aliphatic heterocycles. The molecule has 0 spiro atoms. The van der Waals surface area contributed by atoms with Crippen molar-refractivity contribution in [3.63, 3.8) is 0 Å². The average Bonchev–Trinajstić information content (AvgIpc) is 2.46. The molecule has 1 aromatic rings. The van der Waals surface area contributed by atoms with E-state index in [9.17, 15) is 4.79 Å². The molecule has 1 unspecified atom stereocenters. The molecular formula is C17H23NO2. The lowest BCUT2D eigenvalue weighted by Crippen LogP contribution is -2.38. The minimum Gasteiger partial charge on any atom is -0.384 e. The number of amides is 1. The Morgan fingerprint density at radius 1 is 1.40 bits per heavy atom. The second kappa shape index (κ2) is 7.72. The van der Waals surface area contributed by atoms with E-state index in [1.54, 1.807) is 0 Å². The van der Waals surface area contributed by atoms with Crippen LogP contribution in [-0.4, -0.2) is 35.1 Å². The van der Waals surface area contributed by atoms with Gasteiger partial charge in [-0.3, -0.25) is 4.79 Å². The van der Waals surface area contributed by atoms with Gasteiger partial charge in [-0.15, -0.1) is 0 Å². The summed E-state index contributed by atoms with van der Waals surface area (Å²) in [5, 5.41) is 8.72. The fourth-order valence-corrected chi connectivity index (χ4v) is 2.11. The number of rotatable bonds is 4. The smallest absolute Gasteiger partial charge is 0.254 e. The summed E-state index contributed by atoms with van der Waals surface area (Å²) >= 11 is 0. The Bertz CT molecular complexity index is 526. The molecule has 108 valence electrons. The van der Waals surface area contributed by atoms with Crippen LogP contribution in [0.4, 0.5) is 0 Å². The van der Waals surface area contributed by atoms with Crippen LogP contribution in [0, 0.1) is 18.8 Å². The monoisotopic (exact) mass is 273 g/mol. The maximum absolute atomic E-state index is 12.5. The molecule has 0 saturated heterocycles. The van der Waals surface area contributed by atoms with Gasteiger partial charge in [-0.1, -0.05) is 18.8 Å². The summed E-state index contributed by atoms with van der Waals surface area (Å²) in [5.74, 6) is 5.57. The van der Waals surface area contributed by atoms with Gasteiger partial charge in [0.25, 0.3) is 5.91 Å². The highest BCUT2D eigenvalue weighted by atomic mass is 16.2. The number of carbonyl (C=O) groups is 1. The minimum absolute atomic E-state index is 0.0617. The molecule has 0 aliphatic rings. The molecule has 0 aromatic heterocycles. The quantitative estimate of drug-likeness (QED) is 0.857. The summed E-state index contributed by atoms with van der Waals surface area (Å²) in [6.45, 7) is 8.63. The second-order valence-corrected chi connectivity index (χ2v) is 4.84. The number of nitrogens with zero attached hydrogens (tertiary/aromatic N) is 1.